The summed E-state index contributed by atoms with van der Waals surface area (Å²) in [7, 11) is -3.68. The molecule has 11 heteroatoms. The number of alkyl halides is 3. The zero-order valence-corrected chi connectivity index (χ0v) is 17.1. The van der Waals surface area contributed by atoms with Crippen LogP contribution in [0.3, 0.4) is 0 Å². The van der Waals surface area contributed by atoms with Gasteiger partial charge in [-0.2, -0.15) is 0 Å². The first-order valence-corrected chi connectivity index (χ1v) is 10.2. The van der Waals surface area contributed by atoms with Crippen LogP contribution in [0.15, 0.2) is 6.20 Å². The molecule has 0 spiro atoms. The van der Waals surface area contributed by atoms with Gasteiger partial charge in [0.05, 0.1) is 28.9 Å². The zero-order valence-electron chi connectivity index (χ0n) is 12.4. The molecule has 1 N–H and O–H groups in total. The molecule has 0 aliphatic heterocycles. The van der Waals surface area contributed by atoms with Crippen LogP contribution in [0.2, 0.25) is 10.0 Å². The summed E-state index contributed by atoms with van der Waals surface area (Å²) in [6, 6.07) is 0. The van der Waals surface area contributed by atoms with Crippen molar-refractivity contribution in [1.82, 2.24) is 4.98 Å². The molecule has 0 bridgehead atoms. The Labute approximate surface area is 160 Å². The van der Waals surface area contributed by atoms with E-state index in [0.29, 0.717) is 12.8 Å². The molecular weight excluding hydrogens is 428 g/mol. The molecule has 0 aliphatic carbocycles. The predicted molar refractivity (Wildman–Crippen MR) is 97.2 cm³/mol. The maximum Gasteiger partial charge on any atom is 0.432 e. The minimum absolute atomic E-state index is 0.0476. The average molecular weight is 445 g/mol. The number of rotatable bonds is 8. The SMILES string of the molecule is CCCOP(=O)(Nc1c(Cl)cnc(C(Cl)(Cl)Cl)c1Cl)OCCC. The van der Waals surface area contributed by atoms with Gasteiger partial charge in [-0.1, -0.05) is 71.9 Å². The van der Waals surface area contributed by atoms with Gasteiger partial charge in [0.1, 0.15) is 5.69 Å². The number of hydrogen-bond acceptors (Lipinski definition) is 4. The fraction of sp³-hybridized carbons (Fsp3) is 0.583. The van der Waals surface area contributed by atoms with E-state index in [9.17, 15) is 4.57 Å². The maximum absolute atomic E-state index is 12.8. The Hall–Kier alpha value is 0.550. The molecule has 5 nitrogen and oxygen atoms in total. The topological polar surface area (TPSA) is 60.5 Å². The van der Waals surface area contributed by atoms with Crippen molar-refractivity contribution in [3.63, 3.8) is 0 Å². The summed E-state index contributed by atoms with van der Waals surface area (Å²) in [4.78, 5) is 3.89. The summed E-state index contributed by atoms with van der Waals surface area (Å²) in [5.74, 6) is 0. The number of anilines is 1. The second kappa shape index (κ2) is 9.30. The smallest absolute Gasteiger partial charge is 0.292 e. The molecule has 0 unspecified atom stereocenters. The van der Waals surface area contributed by atoms with Crippen molar-refractivity contribution in [2.45, 2.75) is 30.5 Å². The minimum atomic E-state index is -3.68. The monoisotopic (exact) mass is 442 g/mol. The van der Waals surface area contributed by atoms with Crippen LogP contribution in [-0.2, 0) is 17.4 Å². The molecule has 1 rings (SSSR count). The van der Waals surface area contributed by atoms with Crippen LogP contribution in [0.25, 0.3) is 0 Å². The Morgan fingerprint density at radius 2 is 1.70 bits per heavy atom. The molecule has 0 atom stereocenters. The molecule has 23 heavy (non-hydrogen) atoms. The van der Waals surface area contributed by atoms with Gasteiger partial charge in [0, 0.05) is 6.20 Å². The molecule has 0 fully saturated rings. The highest BCUT2D eigenvalue weighted by atomic mass is 35.6. The van der Waals surface area contributed by atoms with E-state index in [2.05, 4.69) is 10.1 Å². The highest BCUT2D eigenvalue weighted by Gasteiger charge is 2.33. The van der Waals surface area contributed by atoms with E-state index in [0.717, 1.165) is 0 Å². The molecule has 0 radical (unpaired) electrons. The summed E-state index contributed by atoms with van der Waals surface area (Å²) < 4.78 is 21.5. The minimum Gasteiger partial charge on any atom is -0.292 e. The van der Waals surface area contributed by atoms with Gasteiger partial charge in [-0.05, 0) is 12.8 Å². The van der Waals surface area contributed by atoms with Gasteiger partial charge < -0.3 is 0 Å². The van der Waals surface area contributed by atoms with Crippen molar-refractivity contribution < 1.29 is 13.6 Å². The second-order valence-electron chi connectivity index (χ2n) is 4.42. The highest BCUT2D eigenvalue weighted by molar-refractivity contribution is 7.55. The third-order valence-electron chi connectivity index (χ3n) is 2.42. The van der Waals surface area contributed by atoms with Crippen molar-refractivity contribution in [1.29, 1.82) is 0 Å². The van der Waals surface area contributed by atoms with Crippen LogP contribution in [0.1, 0.15) is 32.4 Å². The summed E-state index contributed by atoms with van der Waals surface area (Å²) in [6.45, 7) is 4.20. The van der Waals surface area contributed by atoms with Gasteiger partial charge in [-0.25, -0.2) is 4.57 Å². The largest absolute Gasteiger partial charge is 0.432 e. The van der Waals surface area contributed by atoms with Crippen LogP contribution in [0.5, 0.6) is 0 Å². The van der Waals surface area contributed by atoms with Crippen LogP contribution < -0.4 is 5.09 Å². The highest BCUT2D eigenvalue weighted by Crippen LogP contribution is 2.52. The summed E-state index contributed by atoms with van der Waals surface area (Å²) >= 11 is 29.7. The fourth-order valence-corrected chi connectivity index (χ4v) is 4.27. The fourth-order valence-electron chi connectivity index (χ4n) is 1.43. The van der Waals surface area contributed by atoms with Crippen LogP contribution in [-0.4, -0.2) is 18.2 Å². The van der Waals surface area contributed by atoms with E-state index in [4.69, 9.17) is 67.1 Å². The lowest BCUT2D eigenvalue weighted by Gasteiger charge is -2.22. The first kappa shape index (κ1) is 21.6. The van der Waals surface area contributed by atoms with Crippen molar-refractivity contribution in [3.05, 3.63) is 21.9 Å². The number of pyridine rings is 1. The lowest BCUT2D eigenvalue weighted by atomic mass is 10.3. The van der Waals surface area contributed by atoms with Crippen LogP contribution in [0.4, 0.5) is 5.69 Å². The van der Waals surface area contributed by atoms with Crippen molar-refractivity contribution in [2.24, 2.45) is 0 Å². The Morgan fingerprint density at radius 1 is 1.17 bits per heavy atom. The van der Waals surface area contributed by atoms with E-state index in [1.807, 2.05) is 13.8 Å². The van der Waals surface area contributed by atoms with E-state index in [-0.39, 0.29) is 34.6 Å². The molecule has 132 valence electrons. The lowest BCUT2D eigenvalue weighted by Crippen LogP contribution is -2.10. The van der Waals surface area contributed by atoms with Crippen molar-refractivity contribution in [2.75, 3.05) is 18.3 Å². The standard InChI is InChI=1S/C12H16Cl5N2O3P/c1-3-5-21-23(20,22-6-4-2)19-10-8(13)7-18-11(9(10)14)12(15,16)17/h7H,3-6H2,1-2H3,(H,18,19,20). The Kier molecular flexibility index (Phi) is 8.73. The molecule has 0 saturated carbocycles. The van der Waals surface area contributed by atoms with Crippen LogP contribution >= 0.6 is 65.8 Å². The van der Waals surface area contributed by atoms with Gasteiger partial charge in [-0.3, -0.25) is 19.1 Å². The summed E-state index contributed by atoms with van der Waals surface area (Å²) in [5, 5.41) is 2.63. The molecule has 0 aromatic carbocycles. The van der Waals surface area contributed by atoms with Crippen molar-refractivity contribution in [3.8, 4) is 0 Å². The first-order chi connectivity index (χ1) is 10.6. The predicted octanol–water partition coefficient (Wildman–Crippen LogP) is 6.59. The number of halogens is 5. The molecule has 0 saturated heterocycles. The van der Waals surface area contributed by atoms with E-state index >= 15 is 0 Å². The molecule has 1 heterocycles. The molecule has 0 amide bonds. The number of nitrogens with zero attached hydrogens (tertiary/aromatic N) is 1. The summed E-state index contributed by atoms with van der Waals surface area (Å²) in [6.07, 6.45) is 2.54. The normalized spacial score (nSPS) is 12.5. The van der Waals surface area contributed by atoms with E-state index in [1.54, 1.807) is 0 Å². The van der Waals surface area contributed by atoms with Crippen molar-refractivity contribution >= 4 is 71.4 Å². The molecular formula is C12H16Cl5N2O3P. The third-order valence-corrected chi connectivity index (χ3v) is 5.16. The third kappa shape index (κ3) is 6.41. The molecule has 1 aromatic heterocycles. The van der Waals surface area contributed by atoms with Gasteiger partial charge in [-0.15, -0.1) is 0 Å². The second-order valence-corrected chi connectivity index (χ2v) is 9.22. The Bertz CT molecular complexity index is 571. The zero-order chi connectivity index (χ0) is 17.7. The van der Waals surface area contributed by atoms with Gasteiger partial charge in [0.15, 0.2) is 0 Å². The maximum atomic E-state index is 12.8. The Morgan fingerprint density at radius 3 is 2.13 bits per heavy atom. The molecule has 1 aromatic rings. The van der Waals surface area contributed by atoms with Crippen LogP contribution in [0, 0.1) is 0 Å². The number of hydrogen-bond donors (Lipinski definition) is 1. The average Bonchev–Trinajstić information content (AvgIpc) is 2.46. The Balaban J connectivity index is 3.19. The quantitative estimate of drug-likeness (QED) is 0.362. The van der Waals surface area contributed by atoms with Gasteiger partial charge in [0.25, 0.3) is 0 Å². The van der Waals surface area contributed by atoms with Gasteiger partial charge >= 0.3 is 7.75 Å². The first-order valence-electron chi connectivity index (χ1n) is 6.73. The number of nitrogens with one attached hydrogen (secondary N) is 1. The van der Waals surface area contributed by atoms with E-state index < -0.39 is 11.5 Å². The van der Waals surface area contributed by atoms with Gasteiger partial charge in [0.2, 0.25) is 3.79 Å². The lowest BCUT2D eigenvalue weighted by molar-refractivity contribution is 0.209. The van der Waals surface area contributed by atoms with E-state index in [1.165, 1.54) is 6.20 Å². The molecule has 0 aliphatic rings. The summed E-state index contributed by atoms with van der Waals surface area (Å²) in [5.41, 5.74) is 0.0220. The number of aromatic nitrogens is 1.